The summed E-state index contributed by atoms with van der Waals surface area (Å²) in [5.41, 5.74) is 12.2. The largest absolute Gasteiger partial charge is 0.496 e. The van der Waals surface area contributed by atoms with Crippen molar-refractivity contribution < 1.29 is 9.53 Å². The Balaban J connectivity index is 1.33. The summed E-state index contributed by atoms with van der Waals surface area (Å²) in [6, 6.07) is 25.4. The first-order valence-corrected chi connectivity index (χ1v) is 11.4. The lowest BCUT2D eigenvalue weighted by Gasteiger charge is -2.11. The minimum Gasteiger partial charge on any atom is -0.496 e. The molecule has 1 aliphatic carbocycles. The van der Waals surface area contributed by atoms with Gasteiger partial charge in [0.1, 0.15) is 28.9 Å². The molecule has 3 aromatic carbocycles. The number of nitrogen functional groups attached to an aromatic ring is 1. The van der Waals surface area contributed by atoms with Gasteiger partial charge in [-0.3, -0.25) is 4.79 Å². The van der Waals surface area contributed by atoms with Crippen LogP contribution in [0.15, 0.2) is 72.8 Å². The molecular formula is C28H25N5O2. The number of para-hydroxylation sites is 1. The molecule has 0 saturated heterocycles. The summed E-state index contributed by atoms with van der Waals surface area (Å²) in [5.74, 6) is 0.721. The Morgan fingerprint density at radius 1 is 1.09 bits per heavy atom. The molecule has 1 aliphatic rings. The van der Waals surface area contributed by atoms with Crippen LogP contribution in [0, 0.1) is 11.3 Å². The number of nitrogens with zero attached hydrogens (tertiary/aromatic N) is 3. The molecule has 1 amide bonds. The minimum atomic E-state index is -0.206. The number of aromatic nitrogens is 2. The Morgan fingerprint density at radius 2 is 1.74 bits per heavy atom. The number of anilines is 1. The maximum absolute atomic E-state index is 12.6. The van der Waals surface area contributed by atoms with E-state index >= 15 is 0 Å². The van der Waals surface area contributed by atoms with E-state index in [2.05, 4.69) is 23.5 Å². The predicted molar refractivity (Wildman–Crippen MR) is 134 cm³/mol. The van der Waals surface area contributed by atoms with Crippen molar-refractivity contribution >= 4 is 11.7 Å². The number of rotatable bonds is 6. The molecule has 1 heterocycles. The molecule has 0 aliphatic heterocycles. The zero-order valence-corrected chi connectivity index (χ0v) is 19.4. The van der Waals surface area contributed by atoms with Gasteiger partial charge in [-0.05, 0) is 41.7 Å². The normalized spacial score (nSPS) is 12.7. The number of carbonyl (C=O) groups is 1. The number of ether oxygens (including phenoxy) is 1. The SMILES string of the molecule is COc1ccccc1C(=O)NCc1ccc(-c2nn(C3Cc4ccccc4C3)c(N)c2C#N)cc1. The average Bonchev–Trinajstić information content (AvgIpc) is 3.48. The number of carbonyl (C=O) groups excluding carboxylic acids is 1. The fraction of sp³-hybridized carbons (Fsp3) is 0.179. The van der Waals surface area contributed by atoms with E-state index < -0.39 is 0 Å². The third-order valence-corrected chi connectivity index (χ3v) is 6.47. The van der Waals surface area contributed by atoms with Crippen molar-refractivity contribution in [2.75, 3.05) is 12.8 Å². The fourth-order valence-corrected chi connectivity index (χ4v) is 4.64. The maximum Gasteiger partial charge on any atom is 0.255 e. The van der Waals surface area contributed by atoms with Crippen LogP contribution in [0.5, 0.6) is 5.75 Å². The van der Waals surface area contributed by atoms with E-state index in [0.717, 1.165) is 24.0 Å². The number of nitrogens with one attached hydrogen (secondary N) is 1. The summed E-state index contributed by atoms with van der Waals surface area (Å²) < 4.78 is 7.07. The van der Waals surface area contributed by atoms with E-state index in [1.807, 2.05) is 42.5 Å². The summed E-state index contributed by atoms with van der Waals surface area (Å²) in [6.07, 6.45) is 1.69. The van der Waals surface area contributed by atoms with Crippen molar-refractivity contribution in [3.63, 3.8) is 0 Å². The van der Waals surface area contributed by atoms with Crippen LogP contribution < -0.4 is 15.8 Å². The number of methoxy groups -OCH3 is 1. The van der Waals surface area contributed by atoms with Gasteiger partial charge in [0.2, 0.25) is 0 Å². The summed E-state index contributed by atoms with van der Waals surface area (Å²) in [7, 11) is 1.54. The highest BCUT2D eigenvalue weighted by Crippen LogP contribution is 2.35. The molecule has 0 radical (unpaired) electrons. The molecule has 7 heteroatoms. The average molecular weight is 464 g/mol. The van der Waals surface area contributed by atoms with Crippen molar-refractivity contribution in [1.82, 2.24) is 15.1 Å². The van der Waals surface area contributed by atoms with Gasteiger partial charge in [-0.25, -0.2) is 4.68 Å². The second kappa shape index (κ2) is 9.35. The first kappa shape index (κ1) is 22.2. The van der Waals surface area contributed by atoms with Crippen LogP contribution in [0.2, 0.25) is 0 Å². The van der Waals surface area contributed by atoms with Gasteiger partial charge in [-0.2, -0.15) is 10.4 Å². The highest BCUT2D eigenvalue weighted by atomic mass is 16.5. The third kappa shape index (κ3) is 4.22. The lowest BCUT2D eigenvalue weighted by atomic mass is 10.1. The Labute approximate surface area is 203 Å². The molecule has 35 heavy (non-hydrogen) atoms. The van der Waals surface area contributed by atoms with E-state index in [1.54, 1.807) is 30.0 Å². The van der Waals surface area contributed by atoms with Crippen LogP contribution in [0.3, 0.4) is 0 Å². The number of amides is 1. The van der Waals surface area contributed by atoms with Crippen LogP contribution in [-0.4, -0.2) is 22.8 Å². The first-order chi connectivity index (χ1) is 17.1. The molecule has 0 unspecified atom stereocenters. The molecule has 0 atom stereocenters. The highest BCUT2D eigenvalue weighted by Gasteiger charge is 2.27. The molecular weight excluding hydrogens is 438 g/mol. The van der Waals surface area contributed by atoms with E-state index in [9.17, 15) is 10.1 Å². The molecule has 7 nitrogen and oxygen atoms in total. The second-order valence-corrected chi connectivity index (χ2v) is 8.58. The van der Waals surface area contributed by atoms with Gasteiger partial charge in [0.25, 0.3) is 5.91 Å². The van der Waals surface area contributed by atoms with Crippen molar-refractivity contribution in [3.05, 3.63) is 101 Å². The summed E-state index contributed by atoms with van der Waals surface area (Å²) >= 11 is 0. The monoisotopic (exact) mass is 463 g/mol. The van der Waals surface area contributed by atoms with Crippen LogP contribution in [0.1, 0.15) is 38.7 Å². The molecule has 0 fully saturated rings. The molecule has 5 rings (SSSR count). The molecule has 3 N–H and O–H groups in total. The van der Waals surface area contributed by atoms with Crippen molar-refractivity contribution in [2.45, 2.75) is 25.4 Å². The predicted octanol–water partition coefficient (Wildman–Crippen LogP) is 4.28. The topological polar surface area (TPSA) is 106 Å². The standard InChI is InChI=1S/C28H25N5O2/c1-35-25-9-5-4-8-23(25)28(34)31-17-18-10-12-19(13-11-18)26-24(16-29)27(30)33(32-26)22-14-20-6-2-3-7-21(20)15-22/h2-13,22H,14-15,17,30H2,1H3,(H,31,34). The van der Waals surface area contributed by atoms with Crippen LogP contribution in [0.4, 0.5) is 5.82 Å². The second-order valence-electron chi connectivity index (χ2n) is 8.58. The van der Waals surface area contributed by atoms with Crippen LogP contribution >= 0.6 is 0 Å². The van der Waals surface area contributed by atoms with Crippen molar-refractivity contribution in [3.8, 4) is 23.1 Å². The zero-order chi connectivity index (χ0) is 24.4. The number of benzene rings is 3. The maximum atomic E-state index is 12.6. The minimum absolute atomic E-state index is 0.0951. The lowest BCUT2D eigenvalue weighted by molar-refractivity contribution is 0.0948. The number of hydrogen-bond acceptors (Lipinski definition) is 5. The third-order valence-electron chi connectivity index (χ3n) is 6.47. The molecule has 0 saturated carbocycles. The van der Waals surface area contributed by atoms with E-state index in [0.29, 0.717) is 34.9 Å². The smallest absolute Gasteiger partial charge is 0.255 e. The molecule has 0 bridgehead atoms. The van der Waals surface area contributed by atoms with Gasteiger partial charge in [-0.15, -0.1) is 0 Å². The van der Waals surface area contributed by atoms with Gasteiger partial charge in [0.05, 0.1) is 18.7 Å². The summed E-state index contributed by atoms with van der Waals surface area (Å²) in [5, 5.41) is 17.5. The molecule has 0 spiro atoms. The number of fused-ring (bicyclic) bond motifs is 1. The molecule has 4 aromatic rings. The quantitative estimate of drug-likeness (QED) is 0.444. The van der Waals surface area contributed by atoms with Gasteiger partial charge in [0, 0.05) is 12.1 Å². The Hall–Kier alpha value is -4.57. The van der Waals surface area contributed by atoms with Gasteiger partial charge < -0.3 is 15.8 Å². The van der Waals surface area contributed by atoms with Gasteiger partial charge in [-0.1, -0.05) is 60.7 Å². The van der Waals surface area contributed by atoms with E-state index in [-0.39, 0.29) is 11.9 Å². The first-order valence-electron chi connectivity index (χ1n) is 11.4. The van der Waals surface area contributed by atoms with Crippen LogP contribution in [-0.2, 0) is 19.4 Å². The van der Waals surface area contributed by atoms with Gasteiger partial charge in [0.15, 0.2) is 0 Å². The lowest BCUT2D eigenvalue weighted by Crippen LogP contribution is -2.23. The molecule has 1 aromatic heterocycles. The van der Waals surface area contributed by atoms with E-state index in [1.165, 1.54) is 11.1 Å². The number of nitrogens with two attached hydrogens (primary N) is 1. The molecule has 174 valence electrons. The Bertz CT molecular complexity index is 1410. The van der Waals surface area contributed by atoms with Gasteiger partial charge >= 0.3 is 0 Å². The summed E-state index contributed by atoms with van der Waals surface area (Å²) in [6.45, 7) is 0.360. The number of hydrogen-bond donors (Lipinski definition) is 2. The van der Waals surface area contributed by atoms with Crippen molar-refractivity contribution in [2.24, 2.45) is 0 Å². The highest BCUT2D eigenvalue weighted by molar-refractivity contribution is 5.96. The Morgan fingerprint density at radius 3 is 2.40 bits per heavy atom. The summed E-state index contributed by atoms with van der Waals surface area (Å²) in [4.78, 5) is 12.6. The Kier molecular flexibility index (Phi) is 5.94. The zero-order valence-electron chi connectivity index (χ0n) is 19.4. The number of nitriles is 1. The van der Waals surface area contributed by atoms with Crippen LogP contribution in [0.25, 0.3) is 11.3 Å². The fourth-order valence-electron chi connectivity index (χ4n) is 4.64. The van der Waals surface area contributed by atoms with E-state index in [4.69, 9.17) is 15.6 Å². The van der Waals surface area contributed by atoms with Crippen molar-refractivity contribution in [1.29, 1.82) is 5.26 Å².